The smallest absolute Gasteiger partial charge is 0.339 e. The number of amides is 1. The second kappa shape index (κ2) is 10.6. The lowest BCUT2D eigenvalue weighted by Crippen LogP contribution is -2.47. The predicted octanol–water partition coefficient (Wildman–Crippen LogP) is 5.57. The summed E-state index contributed by atoms with van der Waals surface area (Å²) in [4.78, 5) is 27.5. The first-order valence-corrected chi connectivity index (χ1v) is 14.1. The molecule has 41 heavy (non-hydrogen) atoms. The molecule has 9 nitrogen and oxygen atoms in total. The summed E-state index contributed by atoms with van der Waals surface area (Å²) in [5, 5.41) is 22.8. The Hall–Kier alpha value is -4.34. The van der Waals surface area contributed by atoms with E-state index in [1.54, 1.807) is 57.7 Å². The highest BCUT2D eigenvalue weighted by atomic mass is 19.1. The van der Waals surface area contributed by atoms with Gasteiger partial charge in [0.25, 0.3) is 5.91 Å². The summed E-state index contributed by atoms with van der Waals surface area (Å²) in [5.41, 5.74) is 3.11. The molecule has 1 saturated heterocycles. The van der Waals surface area contributed by atoms with Crippen LogP contribution in [0.4, 0.5) is 4.39 Å². The lowest BCUT2D eigenvalue weighted by Gasteiger charge is -2.39. The van der Waals surface area contributed by atoms with Gasteiger partial charge in [0.15, 0.2) is 0 Å². The van der Waals surface area contributed by atoms with Crippen LogP contribution in [0.25, 0.3) is 16.8 Å². The molecule has 1 aliphatic heterocycles. The summed E-state index contributed by atoms with van der Waals surface area (Å²) in [6, 6.07) is 12.2. The van der Waals surface area contributed by atoms with Crippen LogP contribution in [0.1, 0.15) is 89.9 Å². The number of hydrogen-bond acceptors (Lipinski definition) is 5. The molecular formula is C31H33FN6O3. The van der Waals surface area contributed by atoms with Crippen molar-refractivity contribution in [2.24, 2.45) is 7.05 Å². The molecule has 4 atom stereocenters. The summed E-state index contributed by atoms with van der Waals surface area (Å²) in [6.07, 6.45) is 7.76. The molecule has 1 N–H and O–H groups in total. The summed E-state index contributed by atoms with van der Waals surface area (Å²) >= 11 is 0. The SMILES string of the molecule is C[C@@H]1CCC[C@H](C)N1C(=O)c1cccc(-c2cccc(-n3ncc(C(=O)O)c3[C@@H]3CC[C@H]3c3cn(C)nn3)c2)c1F. The van der Waals surface area contributed by atoms with E-state index in [2.05, 4.69) is 15.4 Å². The van der Waals surface area contributed by atoms with E-state index in [0.717, 1.165) is 37.8 Å². The Morgan fingerprint density at radius 2 is 1.71 bits per heavy atom. The molecular weight excluding hydrogens is 523 g/mol. The first kappa shape index (κ1) is 26.9. The van der Waals surface area contributed by atoms with E-state index in [9.17, 15) is 14.7 Å². The molecule has 0 spiro atoms. The van der Waals surface area contributed by atoms with E-state index in [0.29, 0.717) is 22.5 Å². The van der Waals surface area contributed by atoms with Crippen LogP contribution in [0, 0.1) is 5.82 Å². The fourth-order valence-electron chi connectivity index (χ4n) is 6.49. The minimum absolute atomic E-state index is 0.0279. The number of carbonyl (C=O) groups excluding carboxylic acids is 1. The van der Waals surface area contributed by atoms with Crippen LogP contribution in [0.2, 0.25) is 0 Å². The zero-order chi connectivity index (χ0) is 28.8. The number of nitrogens with zero attached hydrogens (tertiary/aromatic N) is 6. The number of carboxylic acids is 1. The number of benzene rings is 2. The number of halogens is 1. The average molecular weight is 557 g/mol. The van der Waals surface area contributed by atoms with Crippen molar-refractivity contribution in [1.29, 1.82) is 0 Å². The Morgan fingerprint density at radius 1 is 0.976 bits per heavy atom. The van der Waals surface area contributed by atoms with Crippen LogP contribution in [-0.2, 0) is 7.05 Å². The van der Waals surface area contributed by atoms with Gasteiger partial charge in [0.05, 0.1) is 28.8 Å². The third kappa shape index (κ3) is 4.71. The maximum Gasteiger partial charge on any atom is 0.339 e. The Labute approximate surface area is 237 Å². The number of carbonyl (C=O) groups is 2. The van der Waals surface area contributed by atoms with E-state index in [1.807, 2.05) is 26.1 Å². The summed E-state index contributed by atoms with van der Waals surface area (Å²) in [6.45, 7) is 4.03. The van der Waals surface area contributed by atoms with Gasteiger partial charge >= 0.3 is 5.97 Å². The van der Waals surface area contributed by atoms with Crippen molar-refractivity contribution in [2.75, 3.05) is 0 Å². The first-order valence-electron chi connectivity index (χ1n) is 14.1. The van der Waals surface area contributed by atoms with Crippen molar-refractivity contribution in [3.05, 3.63) is 83.2 Å². The molecule has 6 rings (SSSR count). The van der Waals surface area contributed by atoms with E-state index >= 15 is 4.39 Å². The van der Waals surface area contributed by atoms with Gasteiger partial charge in [0.1, 0.15) is 11.4 Å². The molecule has 4 aromatic rings. The third-order valence-electron chi connectivity index (χ3n) is 8.72. The van der Waals surface area contributed by atoms with Gasteiger partial charge in [-0.2, -0.15) is 5.10 Å². The van der Waals surface area contributed by atoms with Crippen molar-refractivity contribution in [3.63, 3.8) is 0 Å². The van der Waals surface area contributed by atoms with Crippen molar-refractivity contribution in [2.45, 2.75) is 69.9 Å². The number of likely N-dealkylation sites (tertiary alicyclic amines) is 1. The van der Waals surface area contributed by atoms with Crippen molar-refractivity contribution in [3.8, 4) is 16.8 Å². The van der Waals surface area contributed by atoms with Crippen LogP contribution >= 0.6 is 0 Å². The Bertz CT molecular complexity index is 1620. The average Bonchev–Trinajstić information content (AvgIpc) is 3.54. The maximum atomic E-state index is 16.0. The Balaban J connectivity index is 1.37. The van der Waals surface area contributed by atoms with Crippen molar-refractivity contribution in [1.82, 2.24) is 29.7 Å². The molecule has 0 unspecified atom stereocenters. The van der Waals surface area contributed by atoms with Crippen LogP contribution in [0.5, 0.6) is 0 Å². The highest BCUT2D eigenvalue weighted by molar-refractivity contribution is 5.96. The van der Waals surface area contributed by atoms with Crippen LogP contribution in [0.15, 0.2) is 54.9 Å². The minimum atomic E-state index is -1.05. The molecule has 1 amide bonds. The summed E-state index contributed by atoms with van der Waals surface area (Å²) < 4.78 is 19.3. The van der Waals surface area contributed by atoms with Crippen LogP contribution < -0.4 is 0 Å². The Morgan fingerprint density at radius 3 is 2.37 bits per heavy atom. The maximum absolute atomic E-state index is 16.0. The molecule has 10 heteroatoms. The van der Waals surface area contributed by atoms with Gasteiger partial charge < -0.3 is 10.0 Å². The van der Waals surface area contributed by atoms with E-state index in [-0.39, 0.29) is 41.0 Å². The van der Waals surface area contributed by atoms with Crippen LogP contribution in [0.3, 0.4) is 0 Å². The predicted molar refractivity (Wildman–Crippen MR) is 151 cm³/mol. The van der Waals surface area contributed by atoms with Gasteiger partial charge in [0, 0.05) is 42.7 Å². The van der Waals surface area contributed by atoms with Crippen molar-refractivity contribution >= 4 is 11.9 Å². The minimum Gasteiger partial charge on any atom is -0.478 e. The van der Waals surface area contributed by atoms with Crippen LogP contribution in [-0.4, -0.2) is 58.7 Å². The van der Waals surface area contributed by atoms with Gasteiger partial charge in [-0.1, -0.05) is 29.5 Å². The first-order chi connectivity index (χ1) is 19.7. The molecule has 1 saturated carbocycles. The van der Waals surface area contributed by atoms with E-state index in [1.165, 1.54) is 6.20 Å². The zero-order valence-corrected chi connectivity index (χ0v) is 23.4. The molecule has 2 aliphatic rings. The summed E-state index contributed by atoms with van der Waals surface area (Å²) in [7, 11) is 1.80. The fourth-order valence-corrected chi connectivity index (χ4v) is 6.49. The number of rotatable bonds is 6. The largest absolute Gasteiger partial charge is 0.478 e. The molecule has 212 valence electrons. The number of aryl methyl sites for hydroxylation is 1. The summed E-state index contributed by atoms with van der Waals surface area (Å²) in [5.74, 6) is -1.98. The van der Waals surface area contributed by atoms with Gasteiger partial charge in [-0.15, -0.1) is 5.10 Å². The molecule has 2 aromatic carbocycles. The monoisotopic (exact) mass is 556 g/mol. The second-order valence-corrected chi connectivity index (χ2v) is 11.3. The lowest BCUT2D eigenvalue weighted by molar-refractivity contribution is 0.0505. The Kier molecular flexibility index (Phi) is 6.93. The quantitative estimate of drug-likeness (QED) is 0.333. The molecule has 2 fully saturated rings. The third-order valence-corrected chi connectivity index (χ3v) is 8.72. The molecule has 3 heterocycles. The van der Waals surface area contributed by atoms with Gasteiger partial charge in [-0.3, -0.25) is 9.48 Å². The molecule has 0 radical (unpaired) electrons. The number of piperidine rings is 1. The molecule has 1 aliphatic carbocycles. The normalized spacial score (nSPS) is 22.4. The zero-order valence-electron chi connectivity index (χ0n) is 23.4. The fraction of sp³-hybridized carbons (Fsp3) is 0.387. The highest BCUT2D eigenvalue weighted by Crippen LogP contribution is 2.49. The van der Waals surface area contributed by atoms with Gasteiger partial charge in [0.2, 0.25) is 0 Å². The van der Waals surface area contributed by atoms with E-state index in [4.69, 9.17) is 0 Å². The number of aromatic carboxylic acids is 1. The number of hydrogen-bond donors (Lipinski definition) is 1. The highest BCUT2D eigenvalue weighted by Gasteiger charge is 2.40. The molecule has 0 bridgehead atoms. The number of aromatic nitrogens is 5. The lowest BCUT2D eigenvalue weighted by atomic mass is 9.69. The van der Waals surface area contributed by atoms with Gasteiger partial charge in [-0.25, -0.2) is 13.9 Å². The number of carboxylic acid groups (broad SMARTS) is 1. The standard InChI is InChI=1S/C31H33FN6O3/c1-18-7-4-8-19(2)37(18)30(39)25-12-6-11-22(28(25)32)20-9-5-10-21(15-20)38-29(26(16-33-38)31(40)41)24-14-13-23(24)27-17-36(3)35-34-27/h5-6,9-12,15-19,23-24H,4,7-8,13-14H2,1-3H3,(H,40,41)/t18-,19+,23-,24-/m1/s1. The van der Waals surface area contributed by atoms with E-state index < -0.39 is 11.8 Å². The topological polar surface area (TPSA) is 106 Å². The second-order valence-electron chi connectivity index (χ2n) is 11.3. The van der Waals surface area contributed by atoms with Gasteiger partial charge in [-0.05, 0) is 69.7 Å². The van der Waals surface area contributed by atoms with Crippen molar-refractivity contribution < 1.29 is 19.1 Å². The molecule has 2 aromatic heterocycles.